The van der Waals surface area contributed by atoms with Crippen molar-refractivity contribution in [2.24, 2.45) is 7.05 Å². The number of thiazole rings is 1. The first-order chi connectivity index (χ1) is 14.2. The second kappa shape index (κ2) is 9.57. The van der Waals surface area contributed by atoms with Gasteiger partial charge in [-0.1, -0.05) is 0 Å². The van der Waals surface area contributed by atoms with E-state index in [9.17, 15) is 9.59 Å². The molecule has 3 heterocycles. The Kier molecular flexibility index (Phi) is 7.09. The predicted molar refractivity (Wildman–Crippen MR) is 116 cm³/mol. The third-order valence-electron chi connectivity index (χ3n) is 4.65. The molecule has 1 N–H and O–H groups in total. The van der Waals surface area contributed by atoms with Crippen LogP contribution >= 0.6 is 11.3 Å². The summed E-state index contributed by atoms with van der Waals surface area (Å²) in [5, 5.41) is 9.63. The molecule has 0 aromatic carbocycles. The van der Waals surface area contributed by atoms with Crippen LogP contribution in [0.3, 0.4) is 0 Å². The molecule has 30 heavy (non-hydrogen) atoms. The van der Waals surface area contributed by atoms with Gasteiger partial charge in [-0.2, -0.15) is 5.10 Å². The minimum absolute atomic E-state index is 0.156. The van der Waals surface area contributed by atoms with Gasteiger partial charge in [0.1, 0.15) is 16.3 Å². The van der Waals surface area contributed by atoms with Crippen LogP contribution in [0.4, 0.5) is 4.79 Å². The van der Waals surface area contributed by atoms with Crippen LogP contribution in [0.5, 0.6) is 0 Å². The number of nitrogens with zero attached hydrogens (tertiary/aromatic N) is 5. The van der Waals surface area contributed by atoms with Gasteiger partial charge in [-0.3, -0.25) is 14.4 Å². The summed E-state index contributed by atoms with van der Waals surface area (Å²) in [4.78, 5) is 32.9. The Morgan fingerprint density at radius 1 is 1.23 bits per heavy atom. The van der Waals surface area contributed by atoms with Crippen LogP contribution in [0, 0.1) is 0 Å². The summed E-state index contributed by atoms with van der Waals surface area (Å²) in [6.45, 7) is 10.0. The molecule has 164 valence electrons. The van der Waals surface area contributed by atoms with Crippen LogP contribution in [0.15, 0.2) is 17.8 Å². The molecule has 2 aromatic rings. The quantitative estimate of drug-likeness (QED) is 0.701. The average molecular weight is 435 g/mol. The molecule has 0 radical (unpaired) electrons. The molecule has 3 rings (SSSR count). The highest BCUT2D eigenvalue weighted by Gasteiger charge is 2.25. The topological polar surface area (TPSA) is 92.6 Å². The van der Waals surface area contributed by atoms with Gasteiger partial charge in [-0.05, 0) is 33.7 Å². The molecule has 1 saturated heterocycles. The molecule has 0 unspecified atom stereocenters. The lowest BCUT2D eigenvalue weighted by Gasteiger charge is -2.35. The van der Waals surface area contributed by atoms with Gasteiger partial charge in [0.2, 0.25) is 0 Å². The fraction of sp³-hybridized carbons (Fsp3) is 0.600. The van der Waals surface area contributed by atoms with Crippen LogP contribution in [-0.2, 0) is 11.8 Å². The number of hydrogen-bond donors (Lipinski definition) is 1. The van der Waals surface area contributed by atoms with Crippen LogP contribution in [0.1, 0.15) is 37.7 Å². The molecule has 1 aliphatic heterocycles. The van der Waals surface area contributed by atoms with Crippen molar-refractivity contribution >= 4 is 23.3 Å². The van der Waals surface area contributed by atoms with E-state index in [1.807, 2.05) is 34.0 Å². The Hall–Kier alpha value is -2.46. The highest BCUT2D eigenvalue weighted by molar-refractivity contribution is 7.13. The van der Waals surface area contributed by atoms with E-state index >= 15 is 0 Å². The zero-order valence-electron chi connectivity index (χ0n) is 18.1. The van der Waals surface area contributed by atoms with E-state index in [1.165, 1.54) is 11.3 Å². The summed E-state index contributed by atoms with van der Waals surface area (Å²) < 4.78 is 7.13. The molecule has 0 saturated carbocycles. The highest BCUT2D eigenvalue weighted by Crippen LogP contribution is 2.22. The number of aryl methyl sites for hydroxylation is 1. The predicted octanol–water partition coefficient (Wildman–Crippen LogP) is 2.22. The fourth-order valence-electron chi connectivity index (χ4n) is 3.12. The van der Waals surface area contributed by atoms with E-state index in [0.717, 1.165) is 36.6 Å². The van der Waals surface area contributed by atoms with Crippen LogP contribution in [0.25, 0.3) is 10.6 Å². The SMILES string of the molecule is Cn1cc(-c2nc(C(=O)NCCCN3CCN(C(=O)OC(C)(C)C)CC3)cs2)cn1. The molecule has 0 aliphatic carbocycles. The lowest BCUT2D eigenvalue weighted by atomic mass is 10.2. The average Bonchev–Trinajstić information content (AvgIpc) is 3.33. The summed E-state index contributed by atoms with van der Waals surface area (Å²) in [7, 11) is 1.85. The van der Waals surface area contributed by atoms with Gasteiger partial charge >= 0.3 is 6.09 Å². The van der Waals surface area contributed by atoms with Crippen molar-refractivity contribution in [2.45, 2.75) is 32.8 Å². The maximum Gasteiger partial charge on any atom is 0.410 e. The molecule has 0 atom stereocenters. The van der Waals surface area contributed by atoms with Gasteiger partial charge in [0.05, 0.1) is 6.20 Å². The van der Waals surface area contributed by atoms with Gasteiger partial charge in [0.15, 0.2) is 0 Å². The van der Waals surface area contributed by atoms with E-state index in [2.05, 4.69) is 20.3 Å². The second-order valence-electron chi connectivity index (χ2n) is 8.36. The van der Waals surface area contributed by atoms with Gasteiger partial charge in [-0.25, -0.2) is 9.78 Å². The molecule has 0 bridgehead atoms. The highest BCUT2D eigenvalue weighted by atomic mass is 32.1. The minimum Gasteiger partial charge on any atom is -0.444 e. The number of piperazine rings is 1. The van der Waals surface area contributed by atoms with Crippen molar-refractivity contribution in [3.8, 4) is 10.6 Å². The third-order valence-corrected chi connectivity index (χ3v) is 5.54. The second-order valence-corrected chi connectivity index (χ2v) is 9.22. The third kappa shape index (κ3) is 6.27. The maximum absolute atomic E-state index is 12.3. The van der Waals surface area contributed by atoms with Gasteiger partial charge in [-0.15, -0.1) is 11.3 Å². The molecular formula is C20H30N6O3S. The first-order valence-corrected chi connectivity index (χ1v) is 11.0. The number of amides is 2. The summed E-state index contributed by atoms with van der Waals surface area (Å²) in [6, 6.07) is 0. The molecule has 0 spiro atoms. The lowest BCUT2D eigenvalue weighted by Crippen LogP contribution is -2.50. The van der Waals surface area contributed by atoms with E-state index in [4.69, 9.17) is 4.74 Å². The van der Waals surface area contributed by atoms with Gasteiger partial charge < -0.3 is 15.0 Å². The molecule has 10 heteroatoms. The standard InChI is InChI=1S/C20H30N6O3S/c1-20(2,3)29-19(28)26-10-8-25(9-11-26)7-5-6-21-17(27)16-14-30-18(23-16)15-12-22-24(4)13-15/h12-14H,5-11H2,1-4H3,(H,21,27). The van der Waals surface area contributed by atoms with E-state index in [1.54, 1.807) is 21.2 Å². The number of carbonyl (C=O) groups is 2. The van der Waals surface area contributed by atoms with Gasteiger partial charge in [0, 0.05) is 56.9 Å². The Morgan fingerprint density at radius 2 is 1.97 bits per heavy atom. The number of carbonyl (C=O) groups excluding carboxylic acids is 2. The van der Waals surface area contributed by atoms with Crippen LogP contribution in [0.2, 0.25) is 0 Å². The van der Waals surface area contributed by atoms with E-state index < -0.39 is 5.60 Å². The lowest BCUT2D eigenvalue weighted by molar-refractivity contribution is 0.0144. The van der Waals surface area contributed by atoms with Crippen molar-refractivity contribution in [3.63, 3.8) is 0 Å². The van der Waals surface area contributed by atoms with Crippen molar-refractivity contribution in [3.05, 3.63) is 23.5 Å². The first kappa shape index (κ1) is 22.2. The monoisotopic (exact) mass is 434 g/mol. The van der Waals surface area contributed by atoms with Crippen molar-refractivity contribution in [1.82, 2.24) is 29.9 Å². The number of hydrogen-bond acceptors (Lipinski definition) is 7. The Labute approximate surface area is 181 Å². The Morgan fingerprint density at radius 3 is 2.60 bits per heavy atom. The van der Waals surface area contributed by atoms with E-state index in [-0.39, 0.29) is 12.0 Å². The molecule has 1 fully saturated rings. The number of aromatic nitrogens is 3. The smallest absolute Gasteiger partial charge is 0.410 e. The first-order valence-electron chi connectivity index (χ1n) is 10.1. The van der Waals surface area contributed by atoms with Crippen molar-refractivity contribution in [1.29, 1.82) is 0 Å². The molecule has 2 amide bonds. The van der Waals surface area contributed by atoms with Crippen molar-refractivity contribution in [2.75, 3.05) is 39.3 Å². The summed E-state index contributed by atoms with van der Waals surface area (Å²) in [5.74, 6) is -0.156. The Balaban J connectivity index is 1.34. The molecule has 2 aromatic heterocycles. The van der Waals surface area contributed by atoms with Crippen LogP contribution < -0.4 is 5.32 Å². The summed E-state index contributed by atoms with van der Waals surface area (Å²) >= 11 is 1.44. The number of nitrogens with one attached hydrogen (secondary N) is 1. The largest absolute Gasteiger partial charge is 0.444 e. The fourth-order valence-corrected chi connectivity index (χ4v) is 3.89. The molecule has 1 aliphatic rings. The number of ether oxygens (including phenoxy) is 1. The number of rotatable bonds is 6. The van der Waals surface area contributed by atoms with Crippen molar-refractivity contribution < 1.29 is 14.3 Å². The van der Waals surface area contributed by atoms with E-state index in [0.29, 0.717) is 25.3 Å². The van der Waals surface area contributed by atoms with Gasteiger partial charge in [0.25, 0.3) is 5.91 Å². The zero-order valence-corrected chi connectivity index (χ0v) is 18.9. The minimum atomic E-state index is -0.470. The zero-order chi connectivity index (χ0) is 21.7. The summed E-state index contributed by atoms with van der Waals surface area (Å²) in [6.07, 6.45) is 4.22. The van der Waals surface area contributed by atoms with Crippen LogP contribution in [-0.4, -0.2) is 81.4 Å². The summed E-state index contributed by atoms with van der Waals surface area (Å²) in [5.41, 5.74) is 0.875. The molecule has 9 nitrogen and oxygen atoms in total. The molecular weight excluding hydrogens is 404 g/mol. The normalized spacial score (nSPS) is 15.3. The Bertz CT molecular complexity index is 864. The maximum atomic E-state index is 12.3.